The summed E-state index contributed by atoms with van der Waals surface area (Å²) in [6.45, 7) is 1.94. The van der Waals surface area contributed by atoms with Crippen molar-refractivity contribution in [2.24, 2.45) is 5.92 Å². The number of aromatic nitrogens is 4. The van der Waals surface area contributed by atoms with Gasteiger partial charge in [-0.2, -0.15) is 13.2 Å². The molecule has 1 aromatic carbocycles. The van der Waals surface area contributed by atoms with Crippen LogP contribution in [0.3, 0.4) is 0 Å². The SMILES string of the molecule is Cc1ccc(-c2ncccn2)c(C(=O)N2[C@H](CCc3nccc(C(F)(F)F)n3)CC[C@@H]3C[C@@H]32)c1. The fourth-order valence-electron chi connectivity index (χ4n) is 4.88. The Kier molecular flexibility index (Phi) is 5.79. The maximum atomic E-state index is 13.9. The predicted octanol–water partition coefficient (Wildman–Crippen LogP) is 4.89. The van der Waals surface area contributed by atoms with Crippen molar-refractivity contribution in [2.45, 2.75) is 57.3 Å². The molecule has 2 fully saturated rings. The van der Waals surface area contributed by atoms with E-state index in [0.29, 0.717) is 29.3 Å². The molecule has 176 valence electrons. The third-order valence-electron chi connectivity index (χ3n) is 6.65. The summed E-state index contributed by atoms with van der Waals surface area (Å²) in [4.78, 5) is 32.2. The van der Waals surface area contributed by atoms with E-state index in [2.05, 4.69) is 19.9 Å². The van der Waals surface area contributed by atoms with Gasteiger partial charge in [-0.1, -0.05) is 17.7 Å². The van der Waals surface area contributed by atoms with E-state index in [4.69, 9.17) is 0 Å². The van der Waals surface area contributed by atoms with Crippen molar-refractivity contribution < 1.29 is 18.0 Å². The van der Waals surface area contributed by atoms with Crippen molar-refractivity contribution in [2.75, 3.05) is 0 Å². The summed E-state index contributed by atoms with van der Waals surface area (Å²) in [6.07, 6.45) is 3.51. The first-order chi connectivity index (χ1) is 16.3. The standard InChI is InChI=1S/C25H24F3N5O/c1-15-3-7-18(23-30-10-2-11-31-23)19(13-15)24(34)33-17(5-4-16-14-20(16)33)6-8-22-29-12-9-21(32-22)25(26,27)28/h2-3,7,9-13,16-17,20H,4-6,8,14H2,1H3/t16-,17+,20+/m1/s1. The Bertz CT molecular complexity index is 1200. The minimum Gasteiger partial charge on any atom is -0.332 e. The van der Waals surface area contributed by atoms with E-state index in [1.54, 1.807) is 18.5 Å². The van der Waals surface area contributed by atoms with Crippen molar-refractivity contribution >= 4 is 5.91 Å². The molecule has 6 nitrogen and oxygen atoms in total. The van der Waals surface area contributed by atoms with Crippen molar-refractivity contribution in [3.05, 3.63) is 71.6 Å². The molecule has 0 unspecified atom stereocenters. The van der Waals surface area contributed by atoms with Crippen LogP contribution in [0.15, 0.2) is 48.9 Å². The molecule has 3 heterocycles. The molecule has 5 rings (SSSR count). The highest BCUT2D eigenvalue weighted by atomic mass is 19.4. The Hall–Kier alpha value is -3.36. The van der Waals surface area contributed by atoms with E-state index in [1.165, 1.54) is 0 Å². The lowest BCUT2D eigenvalue weighted by molar-refractivity contribution is -0.141. The molecule has 1 amide bonds. The second-order valence-electron chi connectivity index (χ2n) is 9.02. The summed E-state index contributed by atoms with van der Waals surface area (Å²) in [5, 5.41) is 0. The zero-order chi connectivity index (χ0) is 23.9. The Balaban J connectivity index is 1.41. The highest BCUT2D eigenvalue weighted by Gasteiger charge is 2.50. The second-order valence-corrected chi connectivity index (χ2v) is 9.02. The second kappa shape index (κ2) is 8.77. The van der Waals surface area contributed by atoms with Crippen LogP contribution >= 0.6 is 0 Å². The third kappa shape index (κ3) is 4.51. The van der Waals surface area contributed by atoms with Crippen LogP contribution in [-0.2, 0) is 12.6 Å². The van der Waals surface area contributed by atoms with Crippen LogP contribution in [0.1, 0.15) is 53.1 Å². The number of nitrogens with zero attached hydrogens (tertiary/aromatic N) is 5. The number of carbonyl (C=O) groups is 1. The Morgan fingerprint density at radius 1 is 1.09 bits per heavy atom. The van der Waals surface area contributed by atoms with E-state index < -0.39 is 11.9 Å². The van der Waals surface area contributed by atoms with Crippen LogP contribution in [0.25, 0.3) is 11.4 Å². The van der Waals surface area contributed by atoms with Gasteiger partial charge in [0.1, 0.15) is 11.5 Å². The number of benzene rings is 1. The highest BCUT2D eigenvalue weighted by Crippen LogP contribution is 2.47. The lowest BCUT2D eigenvalue weighted by Crippen LogP contribution is -2.45. The molecule has 1 saturated heterocycles. The number of piperidine rings is 1. The number of likely N-dealkylation sites (tertiary alicyclic amines) is 1. The summed E-state index contributed by atoms with van der Waals surface area (Å²) in [5.41, 5.74) is 1.25. The van der Waals surface area contributed by atoms with Gasteiger partial charge in [-0.3, -0.25) is 4.79 Å². The molecule has 34 heavy (non-hydrogen) atoms. The number of carbonyl (C=O) groups excluding carboxylic acids is 1. The first kappa shape index (κ1) is 22.4. The number of halogens is 3. The van der Waals surface area contributed by atoms with Gasteiger partial charge in [-0.05, 0) is 56.7 Å². The van der Waals surface area contributed by atoms with Crippen LogP contribution in [-0.4, -0.2) is 42.8 Å². The molecule has 0 spiro atoms. The quantitative estimate of drug-likeness (QED) is 0.535. The van der Waals surface area contributed by atoms with Gasteiger partial charge in [0, 0.05) is 42.7 Å². The van der Waals surface area contributed by atoms with Crippen molar-refractivity contribution in [3.8, 4) is 11.4 Å². The lowest BCUT2D eigenvalue weighted by Gasteiger charge is -2.36. The fraction of sp³-hybridized carbons (Fsp3) is 0.400. The van der Waals surface area contributed by atoms with E-state index in [0.717, 1.165) is 37.1 Å². The normalized spacial score (nSPS) is 21.8. The smallest absolute Gasteiger partial charge is 0.332 e. The van der Waals surface area contributed by atoms with Crippen molar-refractivity contribution in [3.63, 3.8) is 0 Å². The van der Waals surface area contributed by atoms with Crippen LogP contribution in [0.4, 0.5) is 13.2 Å². The molecule has 9 heteroatoms. The number of hydrogen-bond acceptors (Lipinski definition) is 5. The van der Waals surface area contributed by atoms with Crippen LogP contribution in [0.5, 0.6) is 0 Å². The van der Waals surface area contributed by atoms with Crippen LogP contribution in [0.2, 0.25) is 0 Å². The number of aryl methyl sites for hydroxylation is 2. The molecular weight excluding hydrogens is 443 g/mol. The molecular formula is C25H24F3N5O. The zero-order valence-corrected chi connectivity index (χ0v) is 18.7. The fourth-order valence-corrected chi connectivity index (χ4v) is 4.88. The lowest BCUT2D eigenvalue weighted by atomic mass is 9.95. The average molecular weight is 467 g/mol. The Morgan fingerprint density at radius 3 is 2.65 bits per heavy atom. The minimum atomic E-state index is -4.51. The van der Waals surface area contributed by atoms with E-state index >= 15 is 0 Å². The predicted molar refractivity (Wildman–Crippen MR) is 119 cm³/mol. The van der Waals surface area contributed by atoms with Gasteiger partial charge in [0.2, 0.25) is 0 Å². The molecule has 2 aliphatic rings. The number of alkyl halides is 3. The van der Waals surface area contributed by atoms with E-state index in [-0.39, 0.29) is 30.2 Å². The molecule has 1 aliphatic carbocycles. The summed E-state index contributed by atoms with van der Waals surface area (Å²) < 4.78 is 39.1. The van der Waals surface area contributed by atoms with Crippen LogP contribution < -0.4 is 0 Å². The third-order valence-corrected chi connectivity index (χ3v) is 6.65. The molecule has 2 aromatic heterocycles. The molecule has 1 aliphatic heterocycles. The molecule has 0 N–H and O–H groups in total. The van der Waals surface area contributed by atoms with Gasteiger partial charge in [0.05, 0.1) is 5.56 Å². The first-order valence-corrected chi connectivity index (χ1v) is 11.4. The summed E-state index contributed by atoms with van der Waals surface area (Å²) >= 11 is 0. The van der Waals surface area contributed by atoms with Crippen molar-refractivity contribution in [1.82, 2.24) is 24.8 Å². The van der Waals surface area contributed by atoms with Gasteiger partial charge in [0.25, 0.3) is 5.91 Å². The van der Waals surface area contributed by atoms with Gasteiger partial charge >= 0.3 is 6.18 Å². The molecule has 3 aromatic rings. The topological polar surface area (TPSA) is 71.9 Å². The Morgan fingerprint density at radius 2 is 1.88 bits per heavy atom. The van der Waals surface area contributed by atoms with Gasteiger partial charge < -0.3 is 4.90 Å². The molecule has 0 radical (unpaired) electrons. The van der Waals surface area contributed by atoms with Gasteiger partial charge in [0.15, 0.2) is 5.82 Å². The molecule has 3 atom stereocenters. The summed E-state index contributed by atoms with van der Waals surface area (Å²) in [6, 6.07) is 8.36. The molecule has 1 saturated carbocycles. The maximum Gasteiger partial charge on any atom is 0.433 e. The first-order valence-electron chi connectivity index (χ1n) is 11.4. The van der Waals surface area contributed by atoms with Gasteiger partial charge in [-0.25, -0.2) is 19.9 Å². The zero-order valence-electron chi connectivity index (χ0n) is 18.7. The summed E-state index contributed by atoms with van der Waals surface area (Å²) in [5.74, 6) is 1.05. The number of amides is 1. The van der Waals surface area contributed by atoms with Crippen LogP contribution in [0, 0.1) is 12.8 Å². The van der Waals surface area contributed by atoms with E-state index in [9.17, 15) is 18.0 Å². The average Bonchev–Trinajstić information content (AvgIpc) is 3.62. The monoisotopic (exact) mass is 467 g/mol. The van der Waals surface area contributed by atoms with Gasteiger partial charge in [-0.15, -0.1) is 0 Å². The molecule has 0 bridgehead atoms. The number of rotatable bonds is 5. The van der Waals surface area contributed by atoms with E-state index in [1.807, 2.05) is 30.0 Å². The maximum absolute atomic E-state index is 13.9. The number of hydrogen-bond donors (Lipinski definition) is 0. The largest absolute Gasteiger partial charge is 0.433 e. The number of fused-ring (bicyclic) bond motifs is 1. The Labute approximate surface area is 195 Å². The van der Waals surface area contributed by atoms with Crippen molar-refractivity contribution in [1.29, 1.82) is 0 Å². The highest BCUT2D eigenvalue weighted by molar-refractivity contribution is 6.01. The summed E-state index contributed by atoms with van der Waals surface area (Å²) in [7, 11) is 0. The minimum absolute atomic E-state index is 0.0756.